The van der Waals surface area contributed by atoms with Crippen LogP contribution in [-0.2, 0) is 16.4 Å². The first-order valence-corrected chi connectivity index (χ1v) is 10.8. The Balaban J connectivity index is 2.03. The molecule has 0 bridgehead atoms. The predicted octanol–water partition coefficient (Wildman–Crippen LogP) is 4.57. The van der Waals surface area contributed by atoms with Gasteiger partial charge in [0, 0.05) is 23.3 Å². The lowest BCUT2D eigenvalue weighted by Gasteiger charge is -2.41. The second kappa shape index (κ2) is 8.52. The molecule has 4 rings (SSSR count). The van der Waals surface area contributed by atoms with Gasteiger partial charge in [-0.05, 0) is 48.8 Å². The third kappa shape index (κ3) is 4.00. The van der Waals surface area contributed by atoms with Crippen LogP contribution in [-0.4, -0.2) is 16.0 Å². The summed E-state index contributed by atoms with van der Waals surface area (Å²) in [6.45, 7) is 5.29. The first-order chi connectivity index (χ1) is 16.5. The van der Waals surface area contributed by atoms with Crippen molar-refractivity contribution in [1.29, 1.82) is 5.26 Å². The van der Waals surface area contributed by atoms with E-state index in [0.29, 0.717) is 16.8 Å². The number of aromatic amines is 1. The van der Waals surface area contributed by atoms with Crippen LogP contribution in [0.5, 0.6) is 5.88 Å². The Morgan fingerprint density at radius 3 is 2.63 bits per heavy atom. The van der Waals surface area contributed by atoms with E-state index in [2.05, 4.69) is 28.1 Å². The molecule has 1 atom stereocenters. The summed E-state index contributed by atoms with van der Waals surface area (Å²) in [4.78, 5) is 11.7. The number of rotatable bonds is 2. The minimum atomic E-state index is -4.67. The lowest BCUT2D eigenvalue weighted by molar-refractivity contribution is -0.137. The summed E-state index contributed by atoms with van der Waals surface area (Å²) >= 11 is 0. The number of allylic oxidation sites excluding steroid dienone is 5. The number of nitrogens with two attached hydrogens (primary N) is 1. The number of hydrogen-bond acceptors (Lipinski definition) is 5. The quantitative estimate of drug-likeness (QED) is 0.615. The summed E-state index contributed by atoms with van der Waals surface area (Å²) in [7, 11) is 0. The summed E-state index contributed by atoms with van der Waals surface area (Å²) in [5.41, 5.74) is 5.42. The zero-order valence-corrected chi connectivity index (χ0v) is 19.2. The van der Waals surface area contributed by atoms with Crippen LogP contribution in [0.3, 0.4) is 0 Å². The highest BCUT2D eigenvalue weighted by Gasteiger charge is 2.51. The van der Waals surface area contributed by atoms with Crippen LogP contribution in [0.1, 0.15) is 48.2 Å². The molecule has 0 radical (unpaired) electrons. The molecular weight excluding hydrogens is 457 g/mol. The van der Waals surface area contributed by atoms with Crippen LogP contribution >= 0.6 is 0 Å². The number of carbonyl (C=O) groups is 1. The standard InChI is InChI=1S/C26H21F3N4O2/c1-14(2)25(21(13-30)23(31)35-24-22(25)15(3)32-33-24)18-9-17(10-19(12-18)26(27,28)29)8-7-16-5-4-6-20(34)11-16/h4-5,9-12,14H,6,31H2,1-3H3,(H,32,33). The highest BCUT2D eigenvalue weighted by Crippen LogP contribution is 2.53. The van der Waals surface area contributed by atoms with E-state index in [1.54, 1.807) is 32.9 Å². The molecule has 1 aliphatic carbocycles. The number of alkyl halides is 3. The number of aromatic nitrogens is 2. The monoisotopic (exact) mass is 478 g/mol. The smallest absolute Gasteiger partial charge is 0.416 e. The molecule has 3 N–H and O–H groups in total. The van der Waals surface area contributed by atoms with Gasteiger partial charge in [-0.25, -0.2) is 0 Å². The number of aryl methyl sites for hydroxylation is 1. The van der Waals surface area contributed by atoms with Crippen molar-refractivity contribution in [1.82, 2.24) is 10.2 Å². The van der Waals surface area contributed by atoms with Crippen molar-refractivity contribution < 1.29 is 22.7 Å². The van der Waals surface area contributed by atoms with Crippen LogP contribution in [0.15, 0.2) is 53.5 Å². The molecule has 2 aromatic rings. The van der Waals surface area contributed by atoms with E-state index >= 15 is 0 Å². The minimum absolute atomic E-state index is 0.00810. The fourth-order valence-electron chi connectivity index (χ4n) is 4.66. The van der Waals surface area contributed by atoms with Crippen LogP contribution in [0.4, 0.5) is 13.2 Å². The average molecular weight is 478 g/mol. The van der Waals surface area contributed by atoms with Crippen molar-refractivity contribution in [2.75, 3.05) is 0 Å². The van der Waals surface area contributed by atoms with Crippen LogP contribution < -0.4 is 10.5 Å². The maximum absolute atomic E-state index is 14.0. The van der Waals surface area contributed by atoms with Crippen molar-refractivity contribution in [2.45, 2.75) is 38.8 Å². The number of nitrogens with zero attached hydrogens (tertiary/aromatic N) is 2. The highest BCUT2D eigenvalue weighted by molar-refractivity contribution is 5.94. The van der Waals surface area contributed by atoms with Gasteiger partial charge < -0.3 is 10.5 Å². The zero-order chi connectivity index (χ0) is 25.5. The van der Waals surface area contributed by atoms with E-state index < -0.39 is 23.1 Å². The van der Waals surface area contributed by atoms with Crippen LogP contribution in [0, 0.1) is 36.0 Å². The van der Waals surface area contributed by atoms with E-state index in [-0.39, 0.29) is 40.7 Å². The zero-order valence-electron chi connectivity index (χ0n) is 19.2. The molecule has 0 saturated carbocycles. The number of hydrogen-bond donors (Lipinski definition) is 2. The van der Waals surface area contributed by atoms with Gasteiger partial charge in [-0.2, -0.15) is 18.4 Å². The normalized spacial score (nSPS) is 19.5. The van der Waals surface area contributed by atoms with Gasteiger partial charge in [-0.3, -0.25) is 9.89 Å². The fourth-order valence-corrected chi connectivity index (χ4v) is 4.66. The van der Waals surface area contributed by atoms with E-state index in [1.807, 2.05) is 0 Å². The summed E-state index contributed by atoms with van der Waals surface area (Å²) in [5.74, 6) is 4.86. The van der Waals surface area contributed by atoms with Gasteiger partial charge in [-0.15, -0.1) is 5.10 Å². The number of ether oxygens (including phenoxy) is 1. The Hall–Kier alpha value is -4.24. The fraction of sp³-hybridized carbons (Fsp3) is 0.269. The van der Waals surface area contributed by atoms with Gasteiger partial charge in [0.15, 0.2) is 5.78 Å². The van der Waals surface area contributed by atoms with Gasteiger partial charge in [0.2, 0.25) is 11.8 Å². The Labute approximate surface area is 200 Å². The Morgan fingerprint density at radius 1 is 1.26 bits per heavy atom. The Bertz CT molecular complexity index is 1430. The molecule has 0 saturated heterocycles. The molecular formula is C26H21F3N4O2. The SMILES string of the molecule is Cc1[nH]nc2c1C(c1cc(C#CC3=CC(=O)CC=C3)cc(C(F)(F)F)c1)(C(C)C)C(C#N)=C(N)O2. The molecule has 178 valence electrons. The lowest BCUT2D eigenvalue weighted by Crippen LogP contribution is -2.41. The number of benzene rings is 1. The predicted molar refractivity (Wildman–Crippen MR) is 122 cm³/mol. The van der Waals surface area contributed by atoms with Gasteiger partial charge in [0.05, 0.1) is 16.5 Å². The molecule has 2 aliphatic rings. The second-order valence-corrected chi connectivity index (χ2v) is 8.66. The van der Waals surface area contributed by atoms with Gasteiger partial charge in [0.1, 0.15) is 11.6 Å². The first kappa shape index (κ1) is 23.9. The van der Waals surface area contributed by atoms with E-state index in [0.717, 1.165) is 12.1 Å². The minimum Gasteiger partial charge on any atom is -0.420 e. The van der Waals surface area contributed by atoms with E-state index in [9.17, 15) is 23.2 Å². The number of fused-ring (bicyclic) bond motifs is 1. The summed E-state index contributed by atoms with van der Waals surface area (Å²) in [5, 5.41) is 17.0. The molecule has 1 aromatic heterocycles. The topological polar surface area (TPSA) is 105 Å². The maximum atomic E-state index is 14.0. The first-order valence-electron chi connectivity index (χ1n) is 10.8. The molecule has 0 fully saturated rings. The molecule has 35 heavy (non-hydrogen) atoms. The van der Waals surface area contributed by atoms with Crippen molar-refractivity contribution in [2.24, 2.45) is 11.7 Å². The molecule has 0 amide bonds. The van der Waals surface area contributed by atoms with Crippen molar-refractivity contribution >= 4 is 5.78 Å². The number of H-pyrrole nitrogens is 1. The lowest BCUT2D eigenvalue weighted by atomic mass is 9.61. The summed E-state index contributed by atoms with van der Waals surface area (Å²) < 4.78 is 47.5. The number of nitriles is 1. The number of nitrogens with one attached hydrogen (secondary N) is 1. The van der Waals surface area contributed by atoms with Crippen molar-refractivity contribution in [3.63, 3.8) is 0 Å². The maximum Gasteiger partial charge on any atom is 0.416 e. The van der Waals surface area contributed by atoms with Crippen LogP contribution in [0.2, 0.25) is 0 Å². The second-order valence-electron chi connectivity index (χ2n) is 8.66. The van der Waals surface area contributed by atoms with E-state index in [1.165, 1.54) is 12.1 Å². The van der Waals surface area contributed by atoms with E-state index in [4.69, 9.17) is 10.5 Å². The largest absolute Gasteiger partial charge is 0.420 e. The third-order valence-corrected chi connectivity index (χ3v) is 6.13. The number of halogens is 3. The average Bonchev–Trinajstić information content (AvgIpc) is 3.16. The van der Waals surface area contributed by atoms with Crippen molar-refractivity contribution in [3.05, 3.63) is 81.4 Å². The Morgan fingerprint density at radius 2 is 2.00 bits per heavy atom. The molecule has 2 heterocycles. The van der Waals surface area contributed by atoms with Crippen molar-refractivity contribution in [3.8, 4) is 23.8 Å². The number of ketones is 1. The summed E-state index contributed by atoms with van der Waals surface area (Å²) in [6.07, 6.45) is 0.236. The molecule has 1 aliphatic heterocycles. The summed E-state index contributed by atoms with van der Waals surface area (Å²) in [6, 6.07) is 5.54. The molecule has 1 aromatic carbocycles. The highest BCUT2D eigenvalue weighted by atomic mass is 19.4. The molecule has 1 unspecified atom stereocenters. The molecule has 9 heteroatoms. The van der Waals surface area contributed by atoms with Gasteiger partial charge in [-0.1, -0.05) is 31.8 Å². The van der Waals surface area contributed by atoms with Gasteiger partial charge >= 0.3 is 6.18 Å². The molecule has 0 spiro atoms. The van der Waals surface area contributed by atoms with Crippen LogP contribution in [0.25, 0.3) is 0 Å². The number of carbonyl (C=O) groups excluding carboxylic acids is 1. The molecule has 6 nitrogen and oxygen atoms in total. The van der Waals surface area contributed by atoms with Gasteiger partial charge in [0.25, 0.3) is 0 Å². The Kier molecular flexibility index (Phi) is 5.82. The third-order valence-electron chi connectivity index (χ3n) is 6.13.